The second-order valence-corrected chi connectivity index (χ2v) is 4.65. The number of aryl methyl sites for hydroxylation is 1. The quantitative estimate of drug-likeness (QED) is 0.819. The average Bonchev–Trinajstić information content (AvgIpc) is 2.33. The maximum atomic E-state index is 9.87. The molecule has 0 heterocycles. The summed E-state index contributed by atoms with van der Waals surface area (Å²) in [5, 5.41) is 13.3. The molecule has 0 unspecified atom stereocenters. The number of aliphatic hydroxyl groups is 1. The Bertz CT molecular complexity index is 320. The summed E-state index contributed by atoms with van der Waals surface area (Å²) in [4.78, 5) is 0. The van der Waals surface area contributed by atoms with Gasteiger partial charge in [-0.15, -0.1) is 0 Å². The molecule has 88 valence electrons. The highest BCUT2D eigenvalue weighted by atomic mass is 16.3. The number of rotatable bonds is 3. The number of nitrogens with one attached hydrogen (secondary N) is 1. The zero-order valence-corrected chi connectivity index (χ0v) is 9.95. The fraction of sp³-hybridized carbons (Fsp3) is 0.571. The lowest BCUT2D eigenvalue weighted by atomic mass is 9.92. The van der Waals surface area contributed by atoms with E-state index in [1.54, 1.807) is 0 Å². The Morgan fingerprint density at radius 2 is 1.88 bits per heavy atom. The molecule has 0 amide bonds. The van der Waals surface area contributed by atoms with Crippen molar-refractivity contribution in [2.45, 2.75) is 51.2 Å². The van der Waals surface area contributed by atoms with Crippen LogP contribution in [-0.2, 0) is 6.42 Å². The van der Waals surface area contributed by atoms with Crippen LogP contribution in [0, 0.1) is 0 Å². The summed E-state index contributed by atoms with van der Waals surface area (Å²) < 4.78 is 0. The van der Waals surface area contributed by atoms with Gasteiger partial charge in [-0.05, 0) is 37.0 Å². The molecule has 0 aliphatic heterocycles. The van der Waals surface area contributed by atoms with Crippen molar-refractivity contribution in [3.8, 4) is 0 Å². The van der Waals surface area contributed by atoms with Crippen LogP contribution in [-0.4, -0.2) is 17.3 Å². The molecule has 0 aromatic heterocycles. The zero-order chi connectivity index (χ0) is 11.4. The van der Waals surface area contributed by atoms with Crippen LogP contribution in [0.1, 0.15) is 38.2 Å². The molecule has 1 saturated carbocycles. The van der Waals surface area contributed by atoms with Gasteiger partial charge in [-0.25, -0.2) is 0 Å². The Morgan fingerprint density at radius 1 is 1.19 bits per heavy atom. The molecule has 0 radical (unpaired) electrons. The summed E-state index contributed by atoms with van der Waals surface area (Å²) in [5.41, 5.74) is 2.48. The molecular weight excluding hydrogens is 198 g/mol. The number of hydrogen-bond acceptors (Lipinski definition) is 2. The van der Waals surface area contributed by atoms with Crippen LogP contribution in [0.4, 0.5) is 5.69 Å². The Morgan fingerprint density at radius 3 is 2.50 bits per heavy atom. The number of hydrogen-bond donors (Lipinski definition) is 2. The summed E-state index contributed by atoms with van der Waals surface area (Å²) in [6.45, 7) is 2.16. The van der Waals surface area contributed by atoms with Gasteiger partial charge in [-0.1, -0.05) is 31.9 Å². The molecule has 1 aliphatic rings. The first-order valence-electron chi connectivity index (χ1n) is 6.33. The van der Waals surface area contributed by atoms with Crippen molar-refractivity contribution in [1.82, 2.24) is 0 Å². The zero-order valence-electron chi connectivity index (χ0n) is 9.95. The number of anilines is 1. The highest BCUT2D eigenvalue weighted by molar-refractivity contribution is 5.45. The highest BCUT2D eigenvalue weighted by Crippen LogP contribution is 2.22. The monoisotopic (exact) mass is 219 g/mol. The van der Waals surface area contributed by atoms with Gasteiger partial charge in [-0.2, -0.15) is 0 Å². The van der Waals surface area contributed by atoms with Crippen LogP contribution in [0.2, 0.25) is 0 Å². The third-order valence-electron chi connectivity index (χ3n) is 3.44. The fourth-order valence-electron chi connectivity index (χ4n) is 2.33. The molecular formula is C14H21NO. The summed E-state index contributed by atoms with van der Waals surface area (Å²) in [7, 11) is 0. The summed E-state index contributed by atoms with van der Waals surface area (Å²) in [6.07, 6.45) is 5.29. The molecule has 1 aromatic rings. The molecule has 2 N–H and O–H groups in total. The van der Waals surface area contributed by atoms with E-state index >= 15 is 0 Å². The lowest BCUT2D eigenvalue weighted by molar-refractivity contribution is 0.116. The van der Waals surface area contributed by atoms with Gasteiger partial charge in [0.25, 0.3) is 0 Å². The van der Waals surface area contributed by atoms with Crippen LogP contribution in [0.25, 0.3) is 0 Å². The average molecular weight is 219 g/mol. The molecule has 0 spiro atoms. The van der Waals surface area contributed by atoms with E-state index in [0.29, 0.717) is 0 Å². The van der Waals surface area contributed by atoms with E-state index in [1.165, 1.54) is 12.0 Å². The van der Waals surface area contributed by atoms with Crippen LogP contribution < -0.4 is 5.32 Å². The van der Waals surface area contributed by atoms with Crippen molar-refractivity contribution >= 4 is 5.69 Å². The van der Waals surface area contributed by atoms with Gasteiger partial charge >= 0.3 is 0 Å². The standard InChI is InChI=1S/C14H21NO/c1-2-11-7-9-12(10-8-11)15-13-5-3-4-6-14(13)16/h7-10,13-16H,2-6H2,1H3/t13-,14-/m1/s1. The Hall–Kier alpha value is -1.02. The van der Waals surface area contributed by atoms with E-state index in [-0.39, 0.29) is 12.1 Å². The second kappa shape index (κ2) is 5.35. The van der Waals surface area contributed by atoms with Gasteiger partial charge in [0, 0.05) is 5.69 Å². The van der Waals surface area contributed by atoms with Crippen molar-refractivity contribution in [3.05, 3.63) is 29.8 Å². The molecule has 1 fully saturated rings. The first-order valence-corrected chi connectivity index (χ1v) is 6.33. The second-order valence-electron chi connectivity index (χ2n) is 4.65. The minimum atomic E-state index is -0.181. The van der Waals surface area contributed by atoms with Gasteiger partial charge in [0.05, 0.1) is 12.1 Å². The van der Waals surface area contributed by atoms with Crippen molar-refractivity contribution in [2.24, 2.45) is 0 Å². The normalized spacial score (nSPS) is 25.4. The van der Waals surface area contributed by atoms with E-state index < -0.39 is 0 Å². The topological polar surface area (TPSA) is 32.3 Å². The van der Waals surface area contributed by atoms with E-state index in [0.717, 1.165) is 31.4 Å². The number of benzene rings is 1. The molecule has 0 bridgehead atoms. The van der Waals surface area contributed by atoms with Crippen molar-refractivity contribution in [3.63, 3.8) is 0 Å². The molecule has 2 heteroatoms. The molecule has 0 saturated heterocycles. The molecule has 16 heavy (non-hydrogen) atoms. The smallest absolute Gasteiger partial charge is 0.0741 e. The van der Waals surface area contributed by atoms with E-state index in [4.69, 9.17) is 0 Å². The predicted octanol–water partition coefficient (Wildman–Crippen LogP) is 2.96. The summed E-state index contributed by atoms with van der Waals surface area (Å²) >= 11 is 0. The largest absolute Gasteiger partial charge is 0.391 e. The third kappa shape index (κ3) is 2.76. The highest BCUT2D eigenvalue weighted by Gasteiger charge is 2.22. The maximum Gasteiger partial charge on any atom is 0.0741 e. The molecule has 1 aromatic carbocycles. The van der Waals surface area contributed by atoms with Crippen LogP contribution in [0.15, 0.2) is 24.3 Å². The lowest BCUT2D eigenvalue weighted by Gasteiger charge is -2.29. The molecule has 2 atom stereocenters. The van der Waals surface area contributed by atoms with Crippen LogP contribution >= 0.6 is 0 Å². The summed E-state index contributed by atoms with van der Waals surface area (Å²) in [6, 6.07) is 8.76. The Balaban J connectivity index is 1.96. The van der Waals surface area contributed by atoms with E-state index in [2.05, 4.69) is 36.5 Å². The molecule has 2 nitrogen and oxygen atoms in total. The van der Waals surface area contributed by atoms with E-state index in [1.807, 2.05) is 0 Å². The summed E-state index contributed by atoms with van der Waals surface area (Å²) in [5.74, 6) is 0. The van der Waals surface area contributed by atoms with Gasteiger partial charge in [0.15, 0.2) is 0 Å². The third-order valence-corrected chi connectivity index (χ3v) is 3.44. The van der Waals surface area contributed by atoms with Crippen molar-refractivity contribution in [1.29, 1.82) is 0 Å². The minimum Gasteiger partial charge on any atom is -0.391 e. The first kappa shape index (κ1) is 11.5. The van der Waals surface area contributed by atoms with Crippen LogP contribution in [0.5, 0.6) is 0 Å². The van der Waals surface area contributed by atoms with Gasteiger partial charge in [-0.3, -0.25) is 0 Å². The first-order chi connectivity index (χ1) is 7.79. The van der Waals surface area contributed by atoms with Gasteiger partial charge in [0.2, 0.25) is 0 Å². The Kier molecular flexibility index (Phi) is 3.83. The van der Waals surface area contributed by atoms with Gasteiger partial charge < -0.3 is 10.4 Å². The number of aliphatic hydroxyl groups excluding tert-OH is 1. The maximum absolute atomic E-state index is 9.87. The lowest BCUT2D eigenvalue weighted by Crippen LogP contribution is -2.36. The van der Waals surface area contributed by atoms with E-state index in [9.17, 15) is 5.11 Å². The molecule has 2 rings (SSSR count). The predicted molar refractivity (Wildman–Crippen MR) is 67.7 cm³/mol. The van der Waals surface area contributed by atoms with Gasteiger partial charge in [0.1, 0.15) is 0 Å². The van der Waals surface area contributed by atoms with Crippen molar-refractivity contribution in [2.75, 3.05) is 5.32 Å². The minimum absolute atomic E-state index is 0.181. The van der Waals surface area contributed by atoms with Crippen LogP contribution in [0.3, 0.4) is 0 Å². The SMILES string of the molecule is CCc1ccc(N[C@@H]2CCCC[C@H]2O)cc1. The van der Waals surface area contributed by atoms with Crippen molar-refractivity contribution < 1.29 is 5.11 Å². The Labute approximate surface area is 97.7 Å². The fourth-order valence-corrected chi connectivity index (χ4v) is 2.33. The molecule has 1 aliphatic carbocycles.